The Morgan fingerprint density at radius 3 is 1.07 bits per heavy atom. The summed E-state index contributed by atoms with van der Waals surface area (Å²) < 4.78 is 0. The van der Waals surface area contributed by atoms with Crippen molar-refractivity contribution in [2.45, 2.75) is 13.8 Å². The first kappa shape index (κ1) is 34.5. The van der Waals surface area contributed by atoms with Gasteiger partial charge in [-0.3, -0.25) is 9.97 Å². The summed E-state index contributed by atoms with van der Waals surface area (Å²) in [5.74, 6) is 0. The van der Waals surface area contributed by atoms with Gasteiger partial charge in [-0.15, -0.1) is 0 Å². The minimum atomic E-state index is 0.815. The van der Waals surface area contributed by atoms with Crippen LogP contribution in [-0.2, 0) is 0 Å². The van der Waals surface area contributed by atoms with E-state index in [9.17, 15) is 0 Å². The molecule has 56 heavy (non-hydrogen) atoms. The molecule has 0 bridgehead atoms. The van der Waals surface area contributed by atoms with Gasteiger partial charge in [-0.1, -0.05) is 140 Å². The molecule has 0 radical (unpaired) electrons. The van der Waals surface area contributed by atoms with E-state index >= 15 is 0 Å². The number of aryl methyl sites for hydroxylation is 2. The summed E-state index contributed by atoms with van der Waals surface area (Å²) in [4.78, 5) is 20.3. The molecule has 5 aromatic carbocycles. The van der Waals surface area contributed by atoms with Gasteiger partial charge < -0.3 is 0 Å². The normalized spacial score (nSPS) is 11.0. The fourth-order valence-electron chi connectivity index (χ4n) is 7.25. The van der Waals surface area contributed by atoms with Crippen LogP contribution < -0.4 is 0 Å². The van der Waals surface area contributed by atoms with Crippen LogP contribution in [-0.4, -0.2) is 19.9 Å². The summed E-state index contributed by atoms with van der Waals surface area (Å²) in [5, 5.41) is 0. The van der Waals surface area contributed by atoms with Gasteiger partial charge in [0, 0.05) is 34.6 Å². The van der Waals surface area contributed by atoms with Gasteiger partial charge in [0.25, 0.3) is 0 Å². The van der Waals surface area contributed by atoms with Crippen molar-refractivity contribution in [3.8, 4) is 89.8 Å². The average Bonchev–Trinajstić information content (AvgIpc) is 3.27. The van der Waals surface area contributed by atoms with E-state index in [1.807, 2.05) is 24.5 Å². The van der Waals surface area contributed by atoms with Crippen molar-refractivity contribution in [3.63, 3.8) is 0 Å². The van der Waals surface area contributed by atoms with Crippen LogP contribution in [0.5, 0.6) is 0 Å². The summed E-state index contributed by atoms with van der Waals surface area (Å²) in [6.45, 7) is 4.26. The molecule has 0 atom stereocenters. The third kappa shape index (κ3) is 7.16. The molecular formula is C52H38N4. The van der Waals surface area contributed by atoms with E-state index in [0.717, 1.165) is 78.7 Å². The van der Waals surface area contributed by atoms with Crippen molar-refractivity contribution >= 4 is 0 Å². The molecular weight excluding hydrogens is 681 g/mol. The minimum Gasteiger partial charge on any atom is -0.254 e. The van der Waals surface area contributed by atoms with Crippen LogP contribution in [0.2, 0.25) is 0 Å². The fourth-order valence-corrected chi connectivity index (χ4v) is 7.25. The average molecular weight is 719 g/mol. The maximum Gasteiger partial charge on any atom is 0.0899 e. The number of rotatable bonds is 8. The van der Waals surface area contributed by atoms with Crippen LogP contribution in [0, 0.1) is 13.8 Å². The van der Waals surface area contributed by atoms with E-state index in [0.29, 0.717) is 0 Å². The van der Waals surface area contributed by atoms with Crippen LogP contribution in [0.4, 0.5) is 0 Å². The Kier molecular flexibility index (Phi) is 9.36. The molecule has 4 heteroatoms. The van der Waals surface area contributed by atoms with Crippen molar-refractivity contribution in [1.82, 2.24) is 19.9 Å². The molecule has 0 aliphatic rings. The van der Waals surface area contributed by atoms with Gasteiger partial charge in [-0.05, 0) is 101 Å². The largest absolute Gasteiger partial charge is 0.254 e. The van der Waals surface area contributed by atoms with Gasteiger partial charge in [0.2, 0.25) is 0 Å². The second-order valence-electron chi connectivity index (χ2n) is 14.1. The molecule has 0 unspecified atom stereocenters. The Bertz CT molecular complexity index is 2600. The van der Waals surface area contributed by atoms with Gasteiger partial charge >= 0.3 is 0 Å². The van der Waals surface area contributed by atoms with Crippen LogP contribution in [0.25, 0.3) is 89.8 Å². The fraction of sp³-hybridized carbons (Fsp3) is 0.0385. The third-order valence-corrected chi connectivity index (χ3v) is 10.3. The first-order valence-corrected chi connectivity index (χ1v) is 18.9. The van der Waals surface area contributed by atoms with Crippen LogP contribution in [0.3, 0.4) is 0 Å². The lowest BCUT2D eigenvalue weighted by molar-refractivity contribution is 1.24. The summed E-state index contributed by atoms with van der Waals surface area (Å²) in [5.41, 5.74) is 18.3. The van der Waals surface area contributed by atoms with E-state index in [-0.39, 0.29) is 0 Å². The quantitative estimate of drug-likeness (QED) is 0.157. The Labute approximate surface area is 327 Å². The van der Waals surface area contributed by atoms with Crippen molar-refractivity contribution in [2.75, 3.05) is 0 Å². The minimum absolute atomic E-state index is 0.815. The van der Waals surface area contributed by atoms with E-state index in [1.54, 1.807) is 0 Å². The lowest BCUT2D eigenvalue weighted by atomic mass is 9.97. The lowest BCUT2D eigenvalue weighted by Gasteiger charge is -2.13. The van der Waals surface area contributed by atoms with Crippen LogP contribution in [0.15, 0.2) is 194 Å². The monoisotopic (exact) mass is 718 g/mol. The molecule has 0 fully saturated rings. The van der Waals surface area contributed by atoms with Gasteiger partial charge in [0.15, 0.2) is 0 Å². The Balaban J connectivity index is 1.13. The molecule has 0 N–H and O–H groups in total. The van der Waals surface area contributed by atoms with E-state index < -0.39 is 0 Å². The molecule has 0 aliphatic carbocycles. The summed E-state index contributed by atoms with van der Waals surface area (Å²) in [6, 6.07) is 63.2. The molecule has 0 amide bonds. The maximum atomic E-state index is 5.23. The zero-order valence-corrected chi connectivity index (χ0v) is 31.3. The molecule has 0 saturated heterocycles. The third-order valence-electron chi connectivity index (χ3n) is 10.3. The number of hydrogen-bond acceptors (Lipinski definition) is 4. The van der Waals surface area contributed by atoms with Crippen molar-refractivity contribution < 1.29 is 0 Å². The van der Waals surface area contributed by atoms with Crippen LogP contribution in [0.1, 0.15) is 11.1 Å². The first-order valence-electron chi connectivity index (χ1n) is 18.9. The topological polar surface area (TPSA) is 51.6 Å². The van der Waals surface area contributed by atoms with Gasteiger partial charge in [-0.2, -0.15) is 0 Å². The SMILES string of the molecule is Cc1ccccc1-c1ccc(-c2cc(-c3ccccc3)cc(-c3cccc(-c4cc(-c5ccccc5)cc(-c5ccc(-c6ccccc6C)cn5)n4)c3)n2)nc1. The van der Waals surface area contributed by atoms with Gasteiger partial charge in [0.05, 0.1) is 34.2 Å². The first-order chi connectivity index (χ1) is 27.6. The molecule has 4 heterocycles. The number of nitrogens with zero attached hydrogens (tertiary/aromatic N) is 4. The zero-order chi connectivity index (χ0) is 37.8. The standard InChI is InChI=1S/C52H38N4/c1-35-14-9-11-22-45(35)41-24-26-47(53-33-41)51-31-43(37-16-5-3-6-17-37)29-49(55-51)39-20-13-21-40(28-39)50-30-44(38-18-7-4-8-19-38)32-52(56-50)48-27-25-42(34-54-48)46-23-12-10-15-36(46)2/h3-34H,1-2H3. The highest BCUT2D eigenvalue weighted by Crippen LogP contribution is 2.35. The summed E-state index contributed by atoms with van der Waals surface area (Å²) in [7, 11) is 0. The predicted molar refractivity (Wildman–Crippen MR) is 231 cm³/mol. The molecule has 0 spiro atoms. The Morgan fingerprint density at radius 2 is 0.661 bits per heavy atom. The summed E-state index contributed by atoms with van der Waals surface area (Å²) in [6.07, 6.45) is 3.89. The number of hydrogen-bond donors (Lipinski definition) is 0. The highest BCUT2D eigenvalue weighted by Gasteiger charge is 2.14. The number of pyridine rings is 4. The highest BCUT2D eigenvalue weighted by molar-refractivity contribution is 5.81. The predicted octanol–water partition coefficient (Wildman–Crippen LogP) is 13.2. The Morgan fingerprint density at radius 1 is 0.268 bits per heavy atom. The zero-order valence-electron chi connectivity index (χ0n) is 31.3. The molecule has 9 aromatic rings. The van der Waals surface area contributed by atoms with Crippen molar-refractivity contribution in [1.29, 1.82) is 0 Å². The molecule has 9 rings (SSSR count). The van der Waals surface area contributed by atoms with Crippen LogP contribution >= 0.6 is 0 Å². The smallest absolute Gasteiger partial charge is 0.0899 e. The second-order valence-corrected chi connectivity index (χ2v) is 14.1. The number of benzene rings is 5. The molecule has 0 aliphatic heterocycles. The highest BCUT2D eigenvalue weighted by atomic mass is 14.8. The van der Waals surface area contributed by atoms with Crippen molar-refractivity contribution in [3.05, 3.63) is 206 Å². The Hall–Kier alpha value is -7.30. The number of aromatic nitrogens is 4. The molecule has 0 saturated carbocycles. The second kappa shape index (κ2) is 15.2. The van der Waals surface area contributed by atoms with Gasteiger partial charge in [-0.25, -0.2) is 9.97 Å². The maximum absolute atomic E-state index is 5.23. The van der Waals surface area contributed by atoms with E-state index in [1.165, 1.54) is 22.3 Å². The van der Waals surface area contributed by atoms with Crippen molar-refractivity contribution in [2.24, 2.45) is 0 Å². The van der Waals surface area contributed by atoms with E-state index in [4.69, 9.17) is 19.9 Å². The molecule has 4 aromatic heterocycles. The van der Waals surface area contributed by atoms with Gasteiger partial charge in [0.1, 0.15) is 0 Å². The van der Waals surface area contributed by atoms with E-state index in [2.05, 4.69) is 184 Å². The molecule has 266 valence electrons. The summed E-state index contributed by atoms with van der Waals surface area (Å²) >= 11 is 0. The lowest BCUT2D eigenvalue weighted by Crippen LogP contribution is -1.95. The molecule has 4 nitrogen and oxygen atoms in total.